The van der Waals surface area contributed by atoms with Crippen LogP contribution in [0.2, 0.25) is 0 Å². The lowest BCUT2D eigenvalue weighted by atomic mass is 10.1. The molecule has 6 nitrogen and oxygen atoms in total. The van der Waals surface area contributed by atoms with E-state index in [1.165, 1.54) is 31.3 Å². The van der Waals surface area contributed by atoms with Crippen molar-refractivity contribution in [2.45, 2.75) is 6.18 Å². The lowest BCUT2D eigenvalue weighted by Crippen LogP contribution is -2.17. The molecule has 0 aliphatic heterocycles. The second-order valence-electron chi connectivity index (χ2n) is 4.65. The first-order chi connectivity index (χ1) is 11.2. The number of alkyl halides is 3. The van der Waals surface area contributed by atoms with Crippen molar-refractivity contribution in [3.63, 3.8) is 0 Å². The highest BCUT2D eigenvalue weighted by atomic mass is 19.4. The molecule has 24 heavy (non-hydrogen) atoms. The topological polar surface area (TPSA) is 81.5 Å². The number of nitro groups is 1. The Morgan fingerprint density at radius 2 is 1.92 bits per heavy atom. The molecule has 0 heterocycles. The van der Waals surface area contributed by atoms with Gasteiger partial charge in [-0.25, -0.2) is 0 Å². The number of rotatable bonds is 4. The number of carbonyl (C=O) groups is 1. The fourth-order valence-corrected chi connectivity index (χ4v) is 1.89. The Kier molecular flexibility index (Phi) is 4.72. The summed E-state index contributed by atoms with van der Waals surface area (Å²) in [5.41, 5.74) is -1.74. The van der Waals surface area contributed by atoms with Crippen LogP contribution in [0.4, 0.5) is 18.9 Å². The number of nitrogens with one attached hydrogen (secondary N) is 1. The van der Waals surface area contributed by atoms with Gasteiger partial charge in [-0.15, -0.1) is 0 Å². The van der Waals surface area contributed by atoms with Crippen molar-refractivity contribution in [1.29, 1.82) is 0 Å². The Morgan fingerprint density at radius 1 is 1.21 bits per heavy atom. The molecule has 0 saturated heterocycles. The molecule has 0 radical (unpaired) electrons. The number of carbonyl (C=O) groups excluding carboxylic acids is 1. The van der Waals surface area contributed by atoms with Gasteiger partial charge in [0.25, 0.3) is 5.91 Å². The fourth-order valence-electron chi connectivity index (χ4n) is 1.89. The predicted octanol–water partition coefficient (Wildman–Crippen LogP) is 3.77. The predicted molar refractivity (Wildman–Crippen MR) is 78.0 cm³/mol. The molecule has 0 aliphatic rings. The summed E-state index contributed by atoms with van der Waals surface area (Å²) in [6, 6.07) is 7.67. The third-order valence-electron chi connectivity index (χ3n) is 3.03. The first kappa shape index (κ1) is 17.3. The monoisotopic (exact) mass is 340 g/mol. The van der Waals surface area contributed by atoms with Crippen molar-refractivity contribution in [2.75, 3.05) is 7.05 Å². The maximum absolute atomic E-state index is 12.7. The summed E-state index contributed by atoms with van der Waals surface area (Å²) in [6.45, 7) is 0. The van der Waals surface area contributed by atoms with Gasteiger partial charge in [0.15, 0.2) is 0 Å². The highest BCUT2D eigenvalue weighted by Gasteiger charge is 2.33. The van der Waals surface area contributed by atoms with Gasteiger partial charge in [0.2, 0.25) is 5.75 Å². The summed E-state index contributed by atoms with van der Waals surface area (Å²) in [5.74, 6) is -0.677. The Morgan fingerprint density at radius 3 is 2.50 bits per heavy atom. The minimum Gasteiger partial charge on any atom is -0.450 e. The van der Waals surface area contributed by atoms with E-state index in [0.717, 1.165) is 6.07 Å². The lowest BCUT2D eigenvalue weighted by molar-refractivity contribution is -0.385. The van der Waals surface area contributed by atoms with Gasteiger partial charge in [0, 0.05) is 18.7 Å². The first-order valence-corrected chi connectivity index (χ1v) is 6.58. The Hall–Kier alpha value is -3.10. The van der Waals surface area contributed by atoms with Gasteiger partial charge in [0.05, 0.1) is 10.5 Å². The Balaban J connectivity index is 2.39. The highest BCUT2D eigenvalue weighted by Crippen LogP contribution is 2.37. The molecular formula is C15H11F3N2O4. The van der Waals surface area contributed by atoms with E-state index in [2.05, 4.69) is 5.32 Å². The van der Waals surface area contributed by atoms with Gasteiger partial charge in [-0.3, -0.25) is 14.9 Å². The van der Waals surface area contributed by atoms with E-state index in [1.54, 1.807) is 0 Å². The molecule has 0 atom stereocenters. The lowest BCUT2D eigenvalue weighted by Gasteiger charge is -2.10. The normalized spacial score (nSPS) is 11.0. The second kappa shape index (κ2) is 6.57. The number of nitro benzene ring substituents is 1. The molecule has 0 bridgehead atoms. The van der Waals surface area contributed by atoms with E-state index in [1.807, 2.05) is 0 Å². The third kappa shape index (κ3) is 3.80. The van der Waals surface area contributed by atoms with E-state index in [4.69, 9.17) is 4.74 Å². The minimum absolute atomic E-state index is 0.0824. The molecule has 0 aromatic heterocycles. The number of ether oxygens (including phenoxy) is 1. The molecule has 0 fully saturated rings. The quantitative estimate of drug-likeness (QED) is 0.678. The maximum Gasteiger partial charge on any atom is 0.416 e. The van der Waals surface area contributed by atoms with Crippen LogP contribution in [0.3, 0.4) is 0 Å². The standard InChI is InChI=1S/C15H11F3N2O4/c1-19-14(21)9-3-2-4-11(7-9)24-13-6-5-10(15(16,17)18)8-12(13)20(22)23/h2-8H,1H3,(H,19,21). The Bertz CT molecular complexity index is 791. The van der Waals surface area contributed by atoms with Crippen molar-refractivity contribution in [1.82, 2.24) is 5.32 Å². The molecule has 0 unspecified atom stereocenters. The van der Waals surface area contributed by atoms with Crippen LogP contribution in [0.25, 0.3) is 0 Å². The van der Waals surface area contributed by atoms with Gasteiger partial charge in [-0.05, 0) is 30.3 Å². The van der Waals surface area contributed by atoms with Crippen LogP contribution in [-0.4, -0.2) is 17.9 Å². The molecule has 2 aromatic carbocycles. The number of hydrogen-bond donors (Lipinski definition) is 1. The summed E-state index contributed by atoms with van der Waals surface area (Å²) in [4.78, 5) is 21.6. The molecular weight excluding hydrogens is 329 g/mol. The van der Waals surface area contributed by atoms with Crippen molar-refractivity contribution in [3.8, 4) is 11.5 Å². The summed E-state index contributed by atoms with van der Waals surface area (Å²) in [5, 5.41) is 13.4. The van der Waals surface area contributed by atoms with E-state index in [9.17, 15) is 28.1 Å². The maximum atomic E-state index is 12.7. The van der Waals surface area contributed by atoms with Crippen LogP contribution in [-0.2, 0) is 6.18 Å². The summed E-state index contributed by atoms with van der Waals surface area (Å²) in [6.07, 6.45) is -4.71. The van der Waals surface area contributed by atoms with Crippen LogP contribution in [0.5, 0.6) is 11.5 Å². The van der Waals surface area contributed by atoms with Gasteiger partial charge in [-0.2, -0.15) is 13.2 Å². The fraction of sp³-hybridized carbons (Fsp3) is 0.133. The zero-order valence-electron chi connectivity index (χ0n) is 12.3. The molecule has 1 N–H and O–H groups in total. The van der Waals surface area contributed by atoms with Gasteiger partial charge in [-0.1, -0.05) is 6.07 Å². The largest absolute Gasteiger partial charge is 0.450 e. The van der Waals surface area contributed by atoms with Crippen LogP contribution in [0, 0.1) is 10.1 Å². The molecule has 0 spiro atoms. The number of nitrogens with zero attached hydrogens (tertiary/aromatic N) is 1. The average Bonchev–Trinajstić information content (AvgIpc) is 2.53. The van der Waals surface area contributed by atoms with Crippen LogP contribution < -0.4 is 10.1 Å². The van der Waals surface area contributed by atoms with Crippen molar-refractivity contribution >= 4 is 11.6 Å². The minimum atomic E-state index is -4.71. The molecule has 126 valence electrons. The van der Waals surface area contributed by atoms with E-state index < -0.39 is 28.3 Å². The molecule has 9 heteroatoms. The average molecular weight is 340 g/mol. The van der Waals surface area contributed by atoms with Crippen molar-refractivity contribution in [3.05, 3.63) is 63.7 Å². The molecule has 1 amide bonds. The van der Waals surface area contributed by atoms with Gasteiger partial charge in [0.1, 0.15) is 5.75 Å². The molecule has 2 aromatic rings. The number of benzene rings is 2. The smallest absolute Gasteiger partial charge is 0.416 e. The first-order valence-electron chi connectivity index (χ1n) is 6.58. The van der Waals surface area contributed by atoms with E-state index >= 15 is 0 Å². The second-order valence-corrected chi connectivity index (χ2v) is 4.65. The third-order valence-corrected chi connectivity index (χ3v) is 3.03. The summed E-state index contributed by atoms with van der Waals surface area (Å²) in [7, 11) is 1.43. The number of amides is 1. The van der Waals surface area contributed by atoms with Crippen molar-refractivity contribution in [2.24, 2.45) is 0 Å². The molecule has 2 rings (SSSR count). The van der Waals surface area contributed by atoms with Gasteiger partial charge < -0.3 is 10.1 Å². The SMILES string of the molecule is CNC(=O)c1cccc(Oc2ccc(C(F)(F)F)cc2[N+](=O)[O-])c1. The zero-order chi connectivity index (χ0) is 17.9. The van der Waals surface area contributed by atoms with E-state index in [0.29, 0.717) is 12.1 Å². The molecule has 0 saturated carbocycles. The van der Waals surface area contributed by atoms with Crippen LogP contribution in [0.15, 0.2) is 42.5 Å². The van der Waals surface area contributed by atoms with Gasteiger partial charge >= 0.3 is 11.9 Å². The van der Waals surface area contributed by atoms with E-state index in [-0.39, 0.29) is 17.1 Å². The van der Waals surface area contributed by atoms with Crippen molar-refractivity contribution < 1.29 is 27.6 Å². The molecule has 0 aliphatic carbocycles. The zero-order valence-corrected chi connectivity index (χ0v) is 12.3. The van der Waals surface area contributed by atoms with Crippen LogP contribution in [0.1, 0.15) is 15.9 Å². The number of hydrogen-bond acceptors (Lipinski definition) is 4. The summed E-state index contributed by atoms with van der Waals surface area (Å²) < 4.78 is 43.3. The Labute approximate surface area is 134 Å². The number of halogens is 3. The highest BCUT2D eigenvalue weighted by molar-refractivity contribution is 5.94. The summed E-state index contributed by atoms with van der Waals surface area (Å²) >= 11 is 0. The van der Waals surface area contributed by atoms with Crippen LogP contribution >= 0.6 is 0 Å².